The minimum absolute atomic E-state index is 0.0821. The molecular formula is C23H29N3O2. The summed E-state index contributed by atoms with van der Waals surface area (Å²) in [6.45, 7) is 4.21. The molecule has 0 saturated carbocycles. The Morgan fingerprint density at radius 1 is 1.14 bits per heavy atom. The molecule has 1 fully saturated rings. The highest BCUT2D eigenvalue weighted by Crippen LogP contribution is 2.22. The third kappa shape index (κ3) is 5.41. The molecule has 28 heavy (non-hydrogen) atoms. The van der Waals surface area contributed by atoms with Gasteiger partial charge in [-0.15, -0.1) is 0 Å². The normalized spacial score (nSPS) is 14.7. The van der Waals surface area contributed by atoms with Crippen LogP contribution in [-0.4, -0.2) is 41.3 Å². The van der Waals surface area contributed by atoms with Gasteiger partial charge in [-0.2, -0.15) is 0 Å². The minimum atomic E-state index is -0.147. The Hall–Kier alpha value is -2.69. The molecule has 0 bridgehead atoms. The minimum Gasteiger partial charge on any atom is -0.352 e. The monoisotopic (exact) mass is 379 g/mol. The summed E-state index contributed by atoms with van der Waals surface area (Å²) in [4.78, 5) is 31.1. The number of piperidine rings is 1. The molecule has 1 aliphatic heterocycles. The van der Waals surface area contributed by atoms with E-state index in [2.05, 4.69) is 41.5 Å². The highest BCUT2D eigenvalue weighted by atomic mass is 16.2. The number of carbonyl (C=O) groups excluding carboxylic acids is 2. The Morgan fingerprint density at radius 2 is 1.89 bits per heavy atom. The van der Waals surface area contributed by atoms with Gasteiger partial charge in [-0.1, -0.05) is 43.7 Å². The number of nitrogens with zero attached hydrogens (tertiary/aromatic N) is 2. The topological polar surface area (TPSA) is 62.3 Å². The molecule has 1 aromatic heterocycles. The smallest absolute Gasteiger partial charge is 0.272 e. The Balaban J connectivity index is 1.55. The van der Waals surface area contributed by atoms with Crippen molar-refractivity contribution in [3.8, 4) is 0 Å². The zero-order chi connectivity index (χ0) is 19.8. The van der Waals surface area contributed by atoms with Crippen LogP contribution in [0.15, 0.2) is 48.7 Å². The van der Waals surface area contributed by atoms with Gasteiger partial charge in [-0.25, -0.2) is 0 Å². The molecular weight excluding hydrogens is 350 g/mol. The van der Waals surface area contributed by atoms with Crippen molar-refractivity contribution in [1.82, 2.24) is 15.2 Å². The maximum Gasteiger partial charge on any atom is 0.272 e. The van der Waals surface area contributed by atoms with Crippen LogP contribution in [0.4, 0.5) is 0 Å². The summed E-state index contributed by atoms with van der Waals surface area (Å²) >= 11 is 0. The third-order valence-electron chi connectivity index (χ3n) is 5.33. The van der Waals surface area contributed by atoms with Gasteiger partial charge >= 0.3 is 0 Å². The molecule has 0 unspecified atom stereocenters. The number of hydrogen-bond donors (Lipinski definition) is 1. The second kappa shape index (κ2) is 10.0. The van der Waals surface area contributed by atoms with Crippen LogP contribution in [0.1, 0.15) is 59.0 Å². The van der Waals surface area contributed by atoms with Gasteiger partial charge in [0.05, 0.1) is 0 Å². The molecule has 1 saturated heterocycles. The van der Waals surface area contributed by atoms with Gasteiger partial charge in [-0.3, -0.25) is 14.6 Å². The highest BCUT2D eigenvalue weighted by molar-refractivity contribution is 5.98. The second-order valence-electron chi connectivity index (χ2n) is 7.46. The maximum atomic E-state index is 12.8. The fraction of sp³-hybridized carbons (Fsp3) is 0.435. The molecule has 0 radical (unpaired) electrons. The van der Waals surface area contributed by atoms with Gasteiger partial charge in [0.1, 0.15) is 5.69 Å². The summed E-state index contributed by atoms with van der Waals surface area (Å²) in [6, 6.07) is 13.8. The quantitative estimate of drug-likeness (QED) is 0.746. The molecule has 2 amide bonds. The lowest BCUT2D eigenvalue weighted by Gasteiger charge is -2.32. The Kier molecular flexibility index (Phi) is 7.18. The van der Waals surface area contributed by atoms with Gasteiger partial charge in [0.2, 0.25) is 0 Å². The van der Waals surface area contributed by atoms with E-state index in [9.17, 15) is 9.59 Å². The first-order valence-electron chi connectivity index (χ1n) is 10.2. The van der Waals surface area contributed by atoms with E-state index >= 15 is 0 Å². The molecule has 0 aliphatic carbocycles. The first kappa shape index (κ1) is 20.1. The fourth-order valence-corrected chi connectivity index (χ4v) is 3.62. The average Bonchev–Trinajstić information content (AvgIpc) is 2.75. The number of carbonyl (C=O) groups is 2. The number of rotatable bonds is 7. The second-order valence-corrected chi connectivity index (χ2v) is 7.46. The maximum absolute atomic E-state index is 12.8. The highest BCUT2D eigenvalue weighted by Gasteiger charge is 2.25. The number of aromatic nitrogens is 1. The van der Waals surface area contributed by atoms with Crippen LogP contribution in [-0.2, 0) is 6.42 Å². The Labute approximate surface area is 167 Å². The van der Waals surface area contributed by atoms with Crippen molar-refractivity contribution in [3.63, 3.8) is 0 Å². The number of hydrogen-bond acceptors (Lipinski definition) is 3. The molecule has 148 valence electrons. The van der Waals surface area contributed by atoms with Crippen LogP contribution in [0.2, 0.25) is 0 Å². The van der Waals surface area contributed by atoms with Crippen LogP contribution in [0.25, 0.3) is 0 Å². The number of benzene rings is 1. The lowest BCUT2D eigenvalue weighted by atomic mass is 9.90. The average molecular weight is 380 g/mol. The summed E-state index contributed by atoms with van der Waals surface area (Å²) in [6.07, 6.45) is 6.58. The number of pyridine rings is 1. The van der Waals surface area contributed by atoms with E-state index in [1.807, 2.05) is 11.0 Å². The van der Waals surface area contributed by atoms with Crippen LogP contribution in [0, 0.1) is 5.92 Å². The van der Waals surface area contributed by atoms with Gasteiger partial charge in [0.15, 0.2) is 0 Å². The summed E-state index contributed by atoms with van der Waals surface area (Å²) < 4.78 is 0. The molecule has 0 spiro atoms. The number of amides is 2. The summed E-state index contributed by atoms with van der Waals surface area (Å²) in [5, 5.41) is 2.88. The molecule has 1 N–H and O–H groups in total. The van der Waals surface area contributed by atoms with Crippen molar-refractivity contribution in [2.75, 3.05) is 19.6 Å². The molecule has 1 aromatic carbocycles. The predicted octanol–water partition coefficient (Wildman–Crippen LogP) is 3.71. The molecule has 5 heteroatoms. The fourth-order valence-electron chi connectivity index (χ4n) is 3.62. The van der Waals surface area contributed by atoms with Crippen molar-refractivity contribution < 1.29 is 9.59 Å². The first-order valence-corrected chi connectivity index (χ1v) is 10.2. The molecule has 2 heterocycles. The van der Waals surface area contributed by atoms with E-state index in [0.717, 1.165) is 45.2 Å². The van der Waals surface area contributed by atoms with Gasteiger partial charge < -0.3 is 10.2 Å². The van der Waals surface area contributed by atoms with E-state index in [-0.39, 0.29) is 11.8 Å². The van der Waals surface area contributed by atoms with Gasteiger partial charge in [0.25, 0.3) is 11.8 Å². The van der Waals surface area contributed by atoms with E-state index in [0.29, 0.717) is 23.7 Å². The van der Waals surface area contributed by atoms with E-state index in [1.165, 1.54) is 5.56 Å². The van der Waals surface area contributed by atoms with Crippen LogP contribution >= 0.6 is 0 Å². The molecule has 3 rings (SSSR count). The molecule has 2 aromatic rings. The van der Waals surface area contributed by atoms with Gasteiger partial charge in [0, 0.05) is 31.4 Å². The SMILES string of the molecule is CCCCNC(=O)c1ccnc(C(=O)N2CCC(Cc3ccccc3)CC2)c1. The standard InChI is InChI=1S/C23H29N3O2/c1-2-3-12-25-22(27)20-9-13-24-21(17-20)23(28)26-14-10-19(11-15-26)16-18-7-5-4-6-8-18/h4-9,13,17,19H,2-3,10-12,14-16H2,1H3,(H,25,27). The lowest BCUT2D eigenvalue weighted by molar-refractivity contribution is 0.0684. The van der Waals surface area contributed by atoms with Gasteiger partial charge in [-0.05, 0) is 49.3 Å². The summed E-state index contributed by atoms with van der Waals surface area (Å²) in [5.74, 6) is 0.378. The van der Waals surface area contributed by atoms with Crippen molar-refractivity contribution in [2.24, 2.45) is 5.92 Å². The zero-order valence-corrected chi connectivity index (χ0v) is 16.6. The van der Waals surface area contributed by atoms with Crippen molar-refractivity contribution >= 4 is 11.8 Å². The molecule has 5 nitrogen and oxygen atoms in total. The zero-order valence-electron chi connectivity index (χ0n) is 16.6. The summed E-state index contributed by atoms with van der Waals surface area (Å²) in [5.41, 5.74) is 2.20. The third-order valence-corrected chi connectivity index (χ3v) is 5.33. The molecule has 1 aliphatic rings. The number of likely N-dealkylation sites (tertiary alicyclic amines) is 1. The van der Waals surface area contributed by atoms with Crippen LogP contribution in [0.3, 0.4) is 0 Å². The van der Waals surface area contributed by atoms with Crippen molar-refractivity contribution in [3.05, 3.63) is 65.5 Å². The number of unbranched alkanes of at least 4 members (excludes halogenated alkanes) is 1. The Morgan fingerprint density at radius 3 is 2.61 bits per heavy atom. The Bertz CT molecular complexity index is 783. The number of nitrogens with one attached hydrogen (secondary N) is 1. The van der Waals surface area contributed by atoms with E-state index < -0.39 is 0 Å². The largest absolute Gasteiger partial charge is 0.352 e. The van der Waals surface area contributed by atoms with Crippen molar-refractivity contribution in [1.29, 1.82) is 0 Å². The van der Waals surface area contributed by atoms with Crippen LogP contribution < -0.4 is 5.32 Å². The van der Waals surface area contributed by atoms with E-state index in [1.54, 1.807) is 18.3 Å². The lowest BCUT2D eigenvalue weighted by Crippen LogP contribution is -2.39. The van der Waals surface area contributed by atoms with E-state index in [4.69, 9.17) is 0 Å². The predicted molar refractivity (Wildman–Crippen MR) is 110 cm³/mol. The first-order chi connectivity index (χ1) is 13.7. The van der Waals surface area contributed by atoms with Crippen LogP contribution in [0.5, 0.6) is 0 Å². The summed E-state index contributed by atoms with van der Waals surface area (Å²) in [7, 11) is 0. The van der Waals surface area contributed by atoms with Crippen molar-refractivity contribution in [2.45, 2.75) is 39.0 Å². The molecule has 0 atom stereocenters.